The number of benzene rings is 2. The molecule has 0 aliphatic carbocycles. The van der Waals surface area contributed by atoms with E-state index in [1.165, 1.54) is 5.56 Å². The summed E-state index contributed by atoms with van der Waals surface area (Å²) in [5, 5.41) is 10.7. The lowest BCUT2D eigenvalue weighted by Crippen LogP contribution is -2.58. The number of rotatable bonds is 10. The third-order valence-electron chi connectivity index (χ3n) is 5.81. The summed E-state index contributed by atoms with van der Waals surface area (Å²) < 4.78 is 16.6. The molecule has 1 aliphatic rings. The van der Waals surface area contributed by atoms with Crippen LogP contribution in [-0.2, 0) is 4.74 Å². The van der Waals surface area contributed by atoms with Gasteiger partial charge < -0.3 is 30.2 Å². The minimum atomic E-state index is -0.0509. The second kappa shape index (κ2) is 12.3. The van der Waals surface area contributed by atoms with Crippen molar-refractivity contribution >= 4 is 5.96 Å². The van der Waals surface area contributed by atoms with Crippen LogP contribution in [0, 0.1) is 0 Å². The van der Waals surface area contributed by atoms with Gasteiger partial charge in [-0.05, 0) is 49.6 Å². The largest absolute Gasteiger partial charge is 0.497 e. The van der Waals surface area contributed by atoms with Crippen LogP contribution in [0.5, 0.6) is 11.5 Å². The molecule has 1 unspecified atom stereocenters. The first-order valence-corrected chi connectivity index (χ1v) is 11.3. The van der Waals surface area contributed by atoms with Gasteiger partial charge in [-0.1, -0.05) is 30.3 Å². The molecule has 1 saturated heterocycles. The van der Waals surface area contributed by atoms with Crippen molar-refractivity contribution in [1.82, 2.24) is 16.0 Å². The molecule has 0 spiro atoms. The fourth-order valence-electron chi connectivity index (χ4n) is 3.90. The van der Waals surface area contributed by atoms with E-state index in [0.29, 0.717) is 13.2 Å². The second-order valence-electron chi connectivity index (χ2n) is 8.05. The number of ether oxygens (including phenoxy) is 3. The monoisotopic (exact) mass is 440 g/mol. The standard InChI is InChI=1S/C25H36N4O3/c1-20(21-7-5-4-6-8-21)29-25(13-16-31-17-14-25)19-28-24(26-2)27-15-18-32-23-11-9-22(30-3)10-12-23/h4-12,20,29H,13-19H2,1-3H3,(H2,26,27,28). The summed E-state index contributed by atoms with van der Waals surface area (Å²) in [5.74, 6) is 2.40. The summed E-state index contributed by atoms with van der Waals surface area (Å²) in [6.07, 6.45) is 1.91. The molecular weight excluding hydrogens is 404 g/mol. The van der Waals surface area contributed by atoms with Gasteiger partial charge in [-0.15, -0.1) is 0 Å². The number of nitrogens with one attached hydrogen (secondary N) is 3. The average molecular weight is 441 g/mol. The Bertz CT molecular complexity index is 821. The van der Waals surface area contributed by atoms with E-state index in [1.54, 1.807) is 14.2 Å². The van der Waals surface area contributed by atoms with Crippen molar-refractivity contribution in [3.8, 4) is 11.5 Å². The van der Waals surface area contributed by atoms with Crippen molar-refractivity contribution < 1.29 is 14.2 Å². The van der Waals surface area contributed by atoms with Crippen molar-refractivity contribution in [1.29, 1.82) is 0 Å². The Morgan fingerprint density at radius 2 is 1.72 bits per heavy atom. The van der Waals surface area contributed by atoms with Crippen LogP contribution in [0.2, 0.25) is 0 Å². The predicted molar refractivity (Wildman–Crippen MR) is 129 cm³/mol. The van der Waals surface area contributed by atoms with E-state index in [1.807, 2.05) is 24.3 Å². The van der Waals surface area contributed by atoms with E-state index < -0.39 is 0 Å². The van der Waals surface area contributed by atoms with Crippen LogP contribution < -0.4 is 25.4 Å². The summed E-state index contributed by atoms with van der Waals surface area (Å²) >= 11 is 0. The molecule has 0 aromatic heterocycles. The fourth-order valence-corrected chi connectivity index (χ4v) is 3.90. The first-order valence-electron chi connectivity index (χ1n) is 11.3. The Morgan fingerprint density at radius 1 is 1.03 bits per heavy atom. The first-order chi connectivity index (χ1) is 15.6. The molecule has 1 heterocycles. The molecule has 3 rings (SSSR count). The molecule has 0 amide bonds. The third-order valence-corrected chi connectivity index (χ3v) is 5.81. The quantitative estimate of drug-likeness (QED) is 0.299. The second-order valence-corrected chi connectivity index (χ2v) is 8.05. The van der Waals surface area contributed by atoms with Gasteiger partial charge in [0.25, 0.3) is 0 Å². The van der Waals surface area contributed by atoms with E-state index >= 15 is 0 Å². The van der Waals surface area contributed by atoms with Crippen LogP contribution in [0.1, 0.15) is 31.4 Å². The summed E-state index contributed by atoms with van der Waals surface area (Å²) in [7, 11) is 3.44. The van der Waals surface area contributed by atoms with Crippen molar-refractivity contribution in [3.63, 3.8) is 0 Å². The Balaban J connectivity index is 1.48. The molecular formula is C25H36N4O3. The minimum Gasteiger partial charge on any atom is -0.497 e. The zero-order chi connectivity index (χ0) is 22.7. The van der Waals surface area contributed by atoms with Gasteiger partial charge in [-0.3, -0.25) is 4.99 Å². The molecule has 1 aliphatic heterocycles. The van der Waals surface area contributed by atoms with Crippen molar-refractivity contribution in [2.75, 3.05) is 47.1 Å². The van der Waals surface area contributed by atoms with Gasteiger partial charge in [0.05, 0.1) is 13.7 Å². The van der Waals surface area contributed by atoms with Gasteiger partial charge in [-0.2, -0.15) is 0 Å². The highest BCUT2D eigenvalue weighted by molar-refractivity contribution is 5.79. The zero-order valence-electron chi connectivity index (χ0n) is 19.4. The van der Waals surface area contributed by atoms with Crippen LogP contribution in [0.15, 0.2) is 59.6 Å². The molecule has 1 fully saturated rings. The van der Waals surface area contributed by atoms with E-state index in [9.17, 15) is 0 Å². The van der Waals surface area contributed by atoms with Crippen molar-refractivity contribution in [3.05, 3.63) is 60.2 Å². The van der Waals surface area contributed by atoms with Gasteiger partial charge in [0.15, 0.2) is 5.96 Å². The fraction of sp³-hybridized carbons (Fsp3) is 0.480. The van der Waals surface area contributed by atoms with E-state index in [2.05, 4.69) is 58.2 Å². The summed E-state index contributed by atoms with van der Waals surface area (Å²) in [4.78, 5) is 4.37. The molecule has 0 radical (unpaired) electrons. The molecule has 7 nitrogen and oxygen atoms in total. The van der Waals surface area contributed by atoms with Gasteiger partial charge in [-0.25, -0.2) is 0 Å². The number of hydrogen-bond donors (Lipinski definition) is 3. The van der Waals surface area contributed by atoms with Crippen molar-refractivity contribution in [2.24, 2.45) is 4.99 Å². The molecule has 32 heavy (non-hydrogen) atoms. The number of guanidine groups is 1. The predicted octanol–water partition coefficient (Wildman–Crippen LogP) is 3.14. The molecule has 2 aromatic rings. The van der Waals surface area contributed by atoms with Gasteiger partial charge in [0.2, 0.25) is 0 Å². The molecule has 1 atom stereocenters. The van der Waals surface area contributed by atoms with Crippen LogP contribution in [0.25, 0.3) is 0 Å². The summed E-state index contributed by atoms with van der Waals surface area (Å²) in [6.45, 7) is 5.70. The zero-order valence-corrected chi connectivity index (χ0v) is 19.4. The maximum Gasteiger partial charge on any atom is 0.191 e. The Morgan fingerprint density at radius 3 is 2.38 bits per heavy atom. The summed E-state index contributed by atoms with van der Waals surface area (Å²) in [5.41, 5.74) is 1.24. The summed E-state index contributed by atoms with van der Waals surface area (Å²) in [6, 6.07) is 18.4. The molecule has 3 N–H and O–H groups in total. The SMILES string of the molecule is CN=C(NCCOc1ccc(OC)cc1)NCC1(NC(C)c2ccccc2)CCOCC1. The highest BCUT2D eigenvalue weighted by Gasteiger charge is 2.34. The first kappa shape index (κ1) is 23.9. The van der Waals surface area contributed by atoms with E-state index in [0.717, 1.165) is 50.1 Å². The minimum absolute atomic E-state index is 0.0509. The Kier molecular flexibility index (Phi) is 9.19. The number of hydrogen-bond acceptors (Lipinski definition) is 5. The van der Waals surface area contributed by atoms with Crippen LogP contribution in [0.4, 0.5) is 0 Å². The third kappa shape index (κ3) is 7.14. The number of nitrogens with zero attached hydrogens (tertiary/aromatic N) is 1. The van der Waals surface area contributed by atoms with Crippen LogP contribution in [0.3, 0.4) is 0 Å². The lowest BCUT2D eigenvalue weighted by atomic mass is 9.88. The lowest BCUT2D eigenvalue weighted by molar-refractivity contribution is 0.0355. The highest BCUT2D eigenvalue weighted by atomic mass is 16.5. The molecule has 7 heteroatoms. The molecule has 0 saturated carbocycles. The smallest absolute Gasteiger partial charge is 0.191 e. The van der Waals surface area contributed by atoms with Crippen LogP contribution >= 0.6 is 0 Å². The van der Waals surface area contributed by atoms with Gasteiger partial charge in [0, 0.05) is 38.4 Å². The average Bonchev–Trinajstić information content (AvgIpc) is 2.85. The van der Waals surface area contributed by atoms with Gasteiger partial charge >= 0.3 is 0 Å². The van der Waals surface area contributed by atoms with Crippen LogP contribution in [-0.4, -0.2) is 58.6 Å². The normalized spacial score (nSPS) is 16.8. The highest BCUT2D eigenvalue weighted by Crippen LogP contribution is 2.25. The van der Waals surface area contributed by atoms with Gasteiger partial charge in [0.1, 0.15) is 18.1 Å². The molecule has 0 bridgehead atoms. The van der Waals surface area contributed by atoms with E-state index in [4.69, 9.17) is 14.2 Å². The van der Waals surface area contributed by atoms with E-state index in [-0.39, 0.29) is 11.6 Å². The topological polar surface area (TPSA) is 76.1 Å². The maximum absolute atomic E-state index is 5.79. The molecule has 174 valence electrons. The number of methoxy groups -OCH3 is 1. The Hall–Kier alpha value is -2.77. The maximum atomic E-state index is 5.79. The molecule has 2 aromatic carbocycles. The number of aliphatic imine (C=N–C) groups is 1. The van der Waals surface area contributed by atoms with Crippen molar-refractivity contribution in [2.45, 2.75) is 31.3 Å². The Labute approximate surface area is 191 Å². The lowest BCUT2D eigenvalue weighted by Gasteiger charge is -2.41.